The van der Waals surface area contributed by atoms with E-state index >= 15 is 0 Å². The molecule has 10 heteroatoms. The summed E-state index contributed by atoms with van der Waals surface area (Å²) in [4.78, 5) is 31.2. The maximum Gasteiger partial charge on any atom is 0.251 e. The maximum atomic E-state index is 12.6. The summed E-state index contributed by atoms with van der Waals surface area (Å²) in [5.41, 5.74) is 5.67. The molecule has 0 aliphatic carbocycles. The van der Waals surface area contributed by atoms with Gasteiger partial charge < -0.3 is 20.1 Å². The lowest BCUT2D eigenvalue weighted by Gasteiger charge is -2.12. The summed E-state index contributed by atoms with van der Waals surface area (Å²) in [5, 5.41) is 6.28. The van der Waals surface area contributed by atoms with Gasteiger partial charge in [0.05, 0.1) is 19.7 Å². The average molecular weight is 513 g/mol. The Kier molecular flexibility index (Phi) is 7.18. The number of methoxy groups -OCH3 is 2. The van der Waals surface area contributed by atoms with Crippen LogP contribution in [0.1, 0.15) is 15.9 Å². The quantitative estimate of drug-likeness (QED) is 0.287. The second kappa shape index (κ2) is 11.0. The SMILES string of the molecule is COc1ccc(Nc2nc(-c3ccc(C(=O)NCCc4ccncc4)cc3)nc3scnc23)cc1OC. The Morgan fingerprint density at radius 3 is 2.49 bits per heavy atom. The predicted molar refractivity (Wildman–Crippen MR) is 144 cm³/mol. The molecule has 3 aromatic heterocycles. The Morgan fingerprint density at radius 1 is 0.946 bits per heavy atom. The third-order valence-electron chi connectivity index (χ3n) is 5.70. The normalized spacial score (nSPS) is 10.8. The molecule has 0 spiro atoms. The zero-order valence-electron chi connectivity index (χ0n) is 20.3. The summed E-state index contributed by atoms with van der Waals surface area (Å²) in [6, 6.07) is 16.7. The Labute approximate surface area is 217 Å². The van der Waals surface area contributed by atoms with E-state index in [-0.39, 0.29) is 5.91 Å². The standard InChI is InChI=1S/C27H24N6O3S/c1-35-21-8-7-20(15-22(21)36-2)31-25-23-27(37-16-30-23)33-24(32-25)18-3-5-19(6-4-18)26(34)29-14-11-17-9-12-28-13-10-17/h3-10,12-13,15-16H,11,14H2,1-2H3,(H,29,34)(H,31,32,33). The number of rotatable bonds is 9. The molecule has 0 saturated heterocycles. The molecule has 2 N–H and O–H groups in total. The van der Waals surface area contributed by atoms with Crippen molar-refractivity contribution < 1.29 is 14.3 Å². The monoisotopic (exact) mass is 512 g/mol. The topological polar surface area (TPSA) is 111 Å². The summed E-state index contributed by atoms with van der Waals surface area (Å²) in [7, 11) is 3.19. The minimum absolute atomic E-state index is 0.129. The van der Waals surface area contributed by atoms with Crippen LogP contribution in [0.4, 0.5) is 11.5 Å². The third kappa shape index (κ3) is 5.49. The fraction of sp³-hybridized carbons (Fsp3) is 0.148. The van der Waals surface area contributed by atoms with E-state index in [0.717, 1.165) is 28.1 Å². The van der Waals surface area contributed by atoms with E-state index in [4.69, 9.17) is 14.5 Å². The minimum Gasteiger partial charge on any atom is -0.493 e. The van der Waals surface area contributed by atoms with Crippen LogP contribution in [0.15, 0.2) is 72.5 Å². The van der Waals surface area contributed by atoms with E-state index < -0.39 is 0 Å². The average Bonchev–Trinajstić information content (AvgIpc) is 3.43. The van der Waals surface area contributed by atoms with E-state index in [1.54, 1.807) is 44.3 Å². The highest BCUT2D eigenvalue weighted by Crippen LogP contribution is 2.33. The van der Waals surface area contributed by atoms with Gasteiger partial charge in [-0.3, -0.25) is 9.78 Å². The number of fused-ring (bicyclic) bond motifs is 1. The van der Waals surface area contributed by atoms with Crippen molar-refractivity contribution in [3.63, 3.8) is 0 Å². The summed E-state index contributed by atoms with van der Waals surface area (Å²) >= 11 is 1.43. The van der Waals surface area contributed by atoms with Gasteiger partial charge in [-0.05, 0) is 48.4 Å². The van der Waals surface area contributed by atoms with Crippen LogP contribution in [0, 0.1) is 0 Å². The largest absolute Gasteiger partial charge is 0.493 e. The second-order valence-corrected chi connectivity index (χ2v) is 8.87. The molecule has 5 rings (SSSR count). The molecule has 0 atom stereocenters. The molecule has 2 aromatic carbocycles. The van der Waals surface area contributed by atoms with Crippen LogP contribution in [0.2, 0.25) is 0 Å². The summed E-state index contributed by atoms with van der Waals surface area (Å²) < 4.78 is 10.7. The first-order valence-electron chi connectivity index (χ1n) is 11.5. The molecule has 0 radical (unpaired) electrons. The van der Waals surface area contributed by atoms with Gasteiger partial charge in [0.25, 0.3) is 5.91 Å². The van der Waals surface area contributed by atoms with Crippen LogP contribution in [0.5, 0.6) is 11.5 Å². The Hall–Kier alpha value is -4.57. The van der Waals surface area contributed by atoms with Crippen molar-refractivity contribution in [2.75, 3.05) is 26.1 Å². The summed E-state index contributed by atoms with van der Waals surface area (Å²) in [6.07, 6.45) is 4.23. The van der Waals surface area contributed by atoms with E-state index in [9.17, 15) is 4.79 Å². The first-order valence-corrected chi connectivity index (χ1v) is 12.4. The van der Waals surface area contributed by atoms with Crippen molar-refractivity contribution >= 4 is 39.1 Å². The van der Waals surface area contributed by atoms with Crippen molar-refractivity contribution in [3.05, 3.63) is 83.6 Å². The molecule has 0 fully saturated rings. The van der Waals surface area contributed by atoms with Gasteiger partial charge in [-0.2, -0.15) is 0 Å². The summed E-state index contributed by atoms with van der Waals surface area (Å²) in [6.45, 7) is 0.543. The fourth-order valence-corrected chi connectivity index (χ4v) is 4.43. The molecule has 37 heavy (non-hydrogen) atoms. The number of carbonyl (C=O) groups excluding carboxylic acids is 1. The van der Waals surface area contributed by atoms with Crippen molar-refractivity contribution in [3.8, 4) is 22.9 Å². The number of anilines is 2. The highest BCUT2D eigenvalue weighted by atomic mass is 32.1. The van der Waals surface area contributed by atoms with Gasteiger partial charge in [0.2, 0.25) is 0 Å². The second-order valence-electron chi connectivity index (χ2n) is 8.04. The molecule has 5 aromatic rings. The predicted octanol–water partition coefficient (Wildman–Crippen LogP) is 4.88. The number of pyridine rings is 1. The van der Waals surface area contributed by atoms with Gasteiger partial charge in [-0.25, -0.2) is 15.0 Å². The molecule has 0 aliphatic heterocycles. The number of aromatic nitrogens is 4. The molecule has 0 saturated carbocycles. The number of benzene rings is 2. The minimum atomic E-state index is -0.129. The molecule has 0 unspecified atom stereocenters. The van der Waals surface area contributed by atoms with Gasteiger partial charge in [-0.1, -0.05) is 12.1 Å². The number of hydrogen-bond acceptors (Lipinski definition) is 9. The van der Waals surface area contributed by atoms with Crippen molar-refractivity contribution in [2.24, 2.45) is 0 Å². The van der Waals surface area contributed by atoms with Crippen LogP contribution < -0.4 is 20.1 Å². The van der Waals surface area contributed by atoms with E-state index in [2.05, 4.69) is 25.6 Å². The van der Waals surface area contributed by atoms with E-state index in [1.807, 2.05) is 42.5 Å². The van der Waals surface area contributed by atoms with Gasteiger partial charge in [0.15, 0.2) is 23.1 Å². The van der Waals surface area contributed by atoms with Crippen molar-refractivity contribution in [2.45, 2.75) is 6.42 Å². The maximum absolute atomic E-state index is 12.6. The molecule has 9 nitrogen and oxygen atoms in total. The van der Waals surface area contributed by atoms with Gasteiger partial charge in [-0.15, -0.1) is 11.3 Å². The fourth-order valence-electron chi connectivity index (χ4n) is 3.77. The van der Waals surface area contributed by atoms with Crippen LogP contribution in [0.25, 0.3) is 21.7 Å². The van der Waals surface area contributed by atoms with Gasteiger partial charge >= 0.3 is 0 Å². The van der Waals surface area contributed by atoms with Crippen molar-refractivity contribution in [1.82, 2.24) is 25.3 Å². The molecule has 186 valence electrons. The molecule has 0 bridgehead atoms. The van der Waals surface area contributed by atoms with E-state index in [0.29, 0.717) is 40.8 Å². The lowest BCUT2D eigenvalue weighted by molar-refractivity contribution is 0.0954. The first kappa shape index (κ1) is 24.1. The van der Waals surface area contributed by atoms with Crippen molar-refractivity contribution in [1.29, 1.82) is 0 Å². The lowest BCUT2D eigenvalue weighted by atomic mass is 10.1. The number of amides is 1. The van der Waals surface area contributed by atoms with Crippen LogP contribution >= 0.6 is 11.3 Å². The molecular formula is C27H24N6O3S. The zero-order chi connectivity index (χ0) is 25.6. The summed E-state index contributed by atoms with van der Waals surface area (Å²) in [5.74, 6) is 2.22. The molecule has 0 aliphatic rings. The smallest absolute Gasteiger partial charge is 0.251 e. The number of ether oxygens (including phenoxy) is 2. The zero-order valence-corrected chi connectivity index (χ0v) is 21.1. The highest BCUT2D eigenvalue weighted by Gasteiger charge is 2.14. The number of nitrogens with one attached hydrogen (secondary N) is 2. The molecule has 3 heterocycles. The lowest BCUT2D eigenvalue weighted by Crippen LogP contribution is -2.25. The van der Waals surface area contributed by atoms with Crippen LogP contribution in [-0.2, 0) is 6.42 Å². The first-order chi connectivity index (χ1) is 18.1. The number of nitrogens with zero attached hydrogens (tertiary/aromatic N) is 4. The number of hydrogen-bond donors (Lipinski definition) is 2. The Balaban J connectivity index is 1.34. The van der Waals surface area contributed by atoms with Gasteiger partial charge in [0.1, 0.15) is 10.3 Å². The molecular weight excluding hydrogens is 488 g/mol. The number of carbonyl (C=O) groups is 1. The Bertz CT molecular complexity index is 1520. The third-order valence-corrected chi connectivity index (χ3v) is 6.42. The van der Waals surface area contributed by atoms with Gasteiger partial charge in [0, 0.05) is 41.8 Å². The highest BCUT2D eigenvalue weighted by molar-refractivity contribution is 7.16. The number of thiazole rings is 1. The Morgan fingerprint density at radius 2 is 1.73 bits per heavy atom. The van der Waals surface area contributed by atoms with Crippen LogP contribution in [0.3, 0.4) is 0 Å². The van der Waals surface area contributed by atoms with Crippen LogP contribution in [-0.4, -0.2) is 46.6 Å². The van der Waals surface area contributed by atoms with E-state index in [1.165, 1.54) is 11.3 Å². The molecule has 1 amide bonds.